The number of hydrogen-bond acceptors (Lipinski definition) is 0. The van der Waals surface area contributed by atoms with Crippen LogP contribution in [-0.4, -0.2) is 0 Å². The number of aryl methyl sites for hydroxylation is 1. The molecule has 0 radical (unpaired) electrons. The predicted octanol–water partition coefficient (Wildman–Crippen LogP) is 10.7. The molecule has 1 saturated carbocycles. The summed E-state index contributed by atoms with van der Waals surface area (Å²) < 4.78 is 59.7. The molecular weight excluding hydrogens is 496 g/mol. The highest BCUT2D eigenvalue weighted by Gasteiger charge is 2.29. The zero-order valence-electron chi connectivity index (χ0n) is 22.6. The van der Waals surface area contributed by atoms with Crippen LogP contribution in [-0.2, 0) is 6.42 Å². The third kappa shape index (κ3) is 5.62. The van der Waals surface area contributed by atoms with Crippen molar-refractivity contribution in [3.8, 4) is 22.3 Å². The van der Waals surface area contributed by atoms with Crippen molar-refractivity contribution in [1.82, 2.24) is 0 Å². The van der Waals surface area contributed by atoms with Crippen LogP contribution in [0.2, 0.25) is 0 Å². The normalized spacial score (nSPS) is 21.5. The zero-order valence-corrected chi connectivity index (χ0v) is 22.6. The molecule has 4 heteroatoms. The molecule has 204 valence electrons. The minimum absolute atomic E-state index is 0.150. The molecule has 1 atom stereocenters. The van der Waals surface area contributed by atoms with E-state index >= 15 is 8.78 Å². The average Bonchev–Trinajstić information content (AvgIpc) is 2.97. The molecule has 0 amide bonds. The smallest absolute Gasteiger partial charge is 0.167 e. The molecule has 0 saturated heterocycles. The van der Waals surface area contributed by atoms with Crippen molar-refractivity contribution in [1.29, 1.82) is 0 Å². The van der Waals surface area contributed by atoms with Gasteiger partial charge in [-0.3, -0.25) is 0 Å². The van der Waals surface area contributed by atoms with Crippen LogP contribution in [0.1, 0.15) is 69.4 Å². The van der Waals surface area contributed by atoms with Crippen LogP contribution in [0.15, 0.2) is 67.3 Å². The number of benzene rings is 3. The largest absolute Gasteiger partial charge is 0.203 e. The van der Waals surface area contributed by atoms with Crippen LogP contribution < -0.4 is 0 Å². The molecule has 0 spiro atoms. The maximum atomic E-state index is 15.3. The van der Waals surface area contributed by atoms with Gasteiger partial charge in [0, 0.05) is 16.7 Å². The monoisotopic (exact) mass is 532 g/mol. The Morgan fingerprint density at radius 3 is 1.82 bits per heavy atom. The molecule has 0 N–H and O–H groups in total. The van der Waals surface area contributed by atoms with Crippen molar-refractivity contribution >= 4 is 5.57 Å². The van der Waals surface area contributed by atoms with Crippen molar-refractivity contribution in [2.45, 2.75) is 64.7 Å². The van der Waals surface area contributed by atoms with E-state index in [2.05, 4.69) is 18.7 Å². The fourth-order valence-corrected chi connectivity index (χ4v) is 6.50. The summed E-state index contributed by atoms with van der Waals surface area (Å²) in [4.78, 5) is 0. The minimum Gasteiger partial charge on any atom is -0.203 e. The molecule has 39 heavy (non-hydrogen) atoms. The third-order valence-electron chi connectivity index (χ3n) is 8.88. The topological polar surface area (TPSA) is 0 Å². The highest BCUT2D eigenvalue weighted by Crippen LogP contribution is 2.42. The van der Waals surface area contributed by atoms with Gasteiger partial charge in [-0.1, -0.05) is 74.0 Å². The first-order valence-corrected chi connectivity index (χ1v) is 14.3. The second kappa shape index (κ2) is 11.9. The first-order chi connectivity index (χ1) is 18.9. The van der Waals surface area contributed by atoms with Gasteiger partial charge in [0.2, 0.25) is 0 Å². The van der Waals surface area contributed by atoms with Gasteiger partial charge in [0.15, 0.2) is 23.3 Å². The maximum absolute atomic E-state index is 15.3. The van der Waals surface area contributed by atoms with E-state index in [4.69, 9.17) is 0 Å². The van der Waals surface area contributed by atoms with E-state index < -0.39 is 23.3 Å². The van der Waals surface area contributed by atoms with E-state index in [1.165, 1.54) is 25.7 Å². The van der Waals surface area contributed by atoms with Gasteiger partial charge in [0.25, 0.3) is 0 Å². The van der Waals surface area contributed by atoms with Crippen LogP contribution in [0, 0.1) is 41.0 Å². The van der Waals surface area contributed by atoms with Crippen molar-refractivity contribution in [3.63, 3.8) is 0 Å². The first-order valence-electron chi connectivity index (χ1n) is 14.3. The zero-order chi connectivity index (χ0) is 27.5. The quantitative estimate of drug-likeness (QED) is 0.210. The third-order valence-corrected chi connectivity index (χ3v) is 8.88. The van der Waals surface area contributed by atoms with Gasteiger partial charge in [0.05, 0.1) is 0 Å². The highest BCUT2D eigenvalue weighted by atomic mass is 19.2. The molecule has 0 bridgehead atoms. The lowest BCUT2D eigenvalue weighted by Crippen LogP contribution is -2.22. The molecular formula is C35H36F4. The fourth-order valence-electron chi connectivity index (χ4n) is 6.50. The Morgan fingerprint density at radius 2 is 1.26 bits per heavy atom. The molecule has 1 fully saturated rings. The first kappa shape index (κ1) is 27.4. The lowest BCUT2D eigenvalue weighted by atomic mass is 9.71. The van der Waals surface area contributed by atoms with Gasteiger partial charge in [-0.2, -0.15) is 0 Å². The minimum atomic E-state index is -0.886. The molecule has 0 aliphatic heterocycles. The van der Waals surface area contributed by atoms with Crippen LogP contribution in [0.3, 0.4) is 0 Å². The summed E-state index contributed by atoms with van der Waals surface area (Å²) in [5.74, 6) is -1.45. The van der Waals surface area contributed by atoms with Crippen molar-refractivity contribution in [3.05, 3.63) is 102 Å². The van der Waals surface area contributed by atoms with E-state index in [1.807, 2.05) is 6.92 Å². The van der Waals surface area contributed by atoms with Crippen LogP contribution in [0.5, 0.6) is 0 Å². The molecule has 0 heterocycles. The van der Waals surface area contributed by atoms with E-state index in [0.717, 1.165) is 31.3 Å². The molecule has 2 aliphatic carbocycles. The molecule has 5 rings (SSSR count). The van der Waals surface area contributed by atoms with Gasteiger partial charge in [0.1, 0.15) is 0 Å². The van der Waals surface area contributed by atoms with Gasteiger partial charge < -0.3 is 0 Å². The van der Waals surface area contributed by atoms with E-state index in [1.54, 1.807) is 48.5 Å². The lowest BCUT2D eigenvalue weighted by molar-refractivity contribution is 0.212. The summed E-state index contributed by atoms with van der Waals surface area (Å²) in [5.41, 5.74) is 2.85. The van der Waals surface area contributed by atoms with E-state index in [-0.39, 0.29) is 11.1 Å². The van der Waals surface area contributed by atoms with Gasteiger partial charge in [-0.05, 0) is 91.4 Å². The second-order valence-corrected chi connectivity index (χ2v) is 11.2. The number of allylic oxidation sites excluding steroid dienone is 3. The Morgan fingerprint density at radius 1 is 0.692 bits per heavy atom. The summed E-state index contributed by atoms with van der Waals surface area (Å²) in [5, 5.41) is 0. The van der Waals surface area contributed by atoms with Crippen molar-refractivity contribution in [2.75, 3.05) is 0 Å². The molecule has 1 unspecified atom stereocenters. The summed E-state index contributed by atoms with van der Waals surface area (Å²) in [6.07, 6.45) is 12.9. The summed E-state index contributed by atoms with van der Waals surface area (Å²) in [6, 6.07) is 12.9. The number of rotatable bonds is 7. The van der Waals surface area contributed by atoms with Gasteiger partial charge in [-0.25, -0.2) is 17.6 Å². The summed E-state index contributed by atoms with van der Waals surface area (Å²) >= 11 is 0. The van der Waals surface area contributed by atoms with Crippen LogP contribution in [0.4, 0.5) is 17.6 Å². The van der Waals surface area contributed by atoms with Crippen molar-refractivity contribution in [2.24, 2.45) is 17.8 Å². The van der Waals surface area contributed by atoms with Crippen LogP contribution in [0.25, 0.3) is 27.8 Å². The Bertz CT molecular complexity index is 1360. The molecule has 3 aromatic carbocycles. The Kier molecular flexibility index (Phi) is 8.40. The Labute approximate surface area is 229 Å². The van der Waals surface area contributed by atoms with E-state index in [9.17, 15) is 8.78 Å². The summed E-state index contributed by atoms with van der Waals surface area (Å²) in [7, 11) is 0. The molecule has 3 aromatic rings. The maximum Gasteiger partial charge on any atom is 0.167 e. The molecule has 0 aromatic heterocycles. The fraction of sp³-hybridized carbons (Fsp3) is 0.371. The van der Waals surface area contributed by atoms with Gasteiger partial charge in [-0.15, -0.1) is 6.58 Å². The Balaban J connectivity index is 1.32. The second-order valence-electron chi connectivity index (χ2n) is 11.2. The predicted molar refractivity (Wildman–Crippen MR) is 152 cm³/mol. The standard InChI is InChI=1S/C35H36F4/c1-3-5-28-18-19-29(33(37)32(28)36)26-14-16-27(17-15-26)31-21-20-30(34(38)35(31)39)25-12-10-24(11-13-25)23-8-6-22(4-2)7-9-23/h4,12,14-24H,2-3,5-11,13H2,1H3. The number of halogens is 4. The molecule has 2 aliphatic rings. The van der Waals surface area contributed by atoms with Crippen molar-refractivity contribution < 1.29 is 17.6 Å². The lowest BCUT2D eigenvalue weighted by Gasteiger charge is -2.34. The highest BCUT2D eigenvalue weighted by molar-refractivity contribution is 5.74. The number of hydrogen-bond donors (Lipinski definition) is 0. The van der Waals surface area contributed by atoms with Crippen LogP contribution >= 0.6 is 0 Å². The summed E-state index contributed by atoms with van der Waals surface area (Å²) in [6.45, 7) is 5.85. The molecule has 0 nitrogen and oxygen atoms in total. The van der Waals surface area contributed by atoms with Gasteiger partial charge >= 0.3 is 0 Å². The van der Waals surface area contributed by atoms with E-state index in [0.29, 0.717) is 46.4 Å². The average molecular weight is 533 g/mol. The Hall–Kier alpha value is -3.14. The SMILES string of the molecule is C=CC1CCC(C2CC=C(c3ccc(-c4ccc(-c5ccc(CCC)c(F)c5F)cc4)c(F)c3F)CC2)CC1.